The molecule has 1 N–H and O–H groups in total. The highest BCUT2D eigenvalue weighted by molar-refractivity contribution is 6.37. The molecule has 0 aliphatic rings. The lowest BCUT2D eigenvalue weighted by Gasteiger charge is -2.05. The van der Waals surface area contributed by atoms with E-state index in [1.165, 1.54) is 0 Å². The number of benzene rings is 1. The van der Waals surface area contributed by atoms with E-state index in [1.54, 1.807) is 5.32 Å². The van der Waals surface area contributed by atoms with Gasteiger partial charge in [-0.1, -0.05) is 0 Å². The minimum atomic E-state index is -1.39. The summed E-state index contributed by atoms with van der Waals surface area (Å²) < 4.78 is 42.2. The predicted molar refractivity (Wildman–Crippen MR) is 47.0 cm³/mol. The first kappa shape index (κ1) is 12.0. The zero-order valence-corrected chi connectivity index (χ0v) is 8.01. The highest BCUT2D eigenvalue weighted by Crippen LogP contribution is 2.18. The third-order valence-corrected chi connectivity index (χ3v) is 1.63. The van der Waals surface area contributed by atoms with Crippen molar-refractivity contribution in [2.75, 3.05) is 12.4 Å². The van der Waals surface area contributed by atoms with Gasteiger partial charge in [0.15, 0.2) is 11.6 Å². The van der Waals surface area contributed by atoms with Crippen molar-refractivity contribution in [2.45, 2.75) is 0 Å². The number of rotatable bonds is 1. The van der Waals surface area contributed by atoms with Crippen LogP contribution in [0, 0.1) is 17.5 Å². The molecule has 86 valence electrons. The third kappa shape index (κ3) is 2.50. The molecule has 0 bridgehead atoms. The van der Waals surface area contributed by atoms with Gasteiger partial charge in [0.2, 0.25) is 0 Å². The van der Waals surface area contributed by atoms with E-state index in [-0.39, 0.29) is 6.07 Å². The number of anilines is 1. The number of methoxy groups -OCH3 is 1. The molecule has 0 spiro atoms. The number of nitrogens with one attached hydrogen (secondary N) is 1. The zero-order valence-electron chi connectivity index (χ0n) is 8.01. The van der Waals surface area contributed by atoms with Crippen LogP contribution < -0.4 is 5.32 Å². The first-order chi connectivity index (χ1) is 7.45. The van der Waals surface area contributed by atoms with Gasteiger partial charge in [0, 0.05) is 12.1 Å². The van der Waals surface area contributed by atoms with Crippen molar-refractivity contribution >= 4 is 17.6 Å². The fraction of sp³-hybridized carbons (Fsp3) is 0.111. The van der Waals surface area contributed by atoms with Crippen molar-refractivity contribution < 1.29 is 27.5 Å². The van der Waals surface area contributed by atoms with E-state index in [2.05, 4.69) is 4.74 Å². The Balaban J connectivity index is 2.94. The highest BCUT2D eigenvalue weighted by atomic mass is 19.2. The van der Waals surface area contributed by atoms with Crippen LogP contribution in [0.5, 0.6) is 0 Å². The Labute approximate surface area is 88.0 Å². The normalized spacial score (nSPS) is 9.75. The molecule has 0 heterocycles. The summed E-state index contributed by atoms with van der Waals surface area (Å²) in [5.74, 6) is -6.50. The van der Waals surface area contributed by atoms with Crippen LogP contribution in [0.15, 0.2) is 12.1 Å². The number of ether oxygens (including phenoxy) is 1. The van der Waals surface area contributed by atoms with Crippen LogP contribution in [0.4, 0.5) is 18.9 Å². The van der Waals surface area contributed by atoms with Gasteiger partial charge in [0.25, 0.3) is 0 Å². The number of esters is 1. The van der Waals surface area contributed by atoms with Crippen LogP contribution in [-0.2, 0) is 14.3 Å². The highest BCUT2D eigenvalue weighted by Gasteiger charge is 2.17. The summed E-state index contributed by atoms with van der Waals surface area (Å²) >= 11 is 0. The molecule has 1 rings (SSSR count). The Morgan fingerprint density at radius 1 is 1.12 bits per heavy atom. The number of amides is 1. The maximum atomic E-state index is 13.0. The maximum Gasteiger partial charge on any atom is 0.396 e. The van der Waals surface area contributed by atoms with Crippen molar-refractivity contribution in [1.29, 1.82) is 0 Å². The molecule has 0 unspecified atom stereocenters. The summed E-state index contributed by atoms with van der Waals surface area (Å²) in [5, 5.41) is 1.73. The number of carbonyl (C=O) groups is 2. The minimum absolute atomic E-state index is 0.252. The topological polar surface area (TPSA) is 55.4 Å². The molecule has 0 aliphatic carbocycles. The minimum Gasteiger partial charge on any atom is -0.462 e. The van der Waals surface area contributed by atoms with E-state index in [1.807, 2.05) is 0 Å². The quantitative estimate of drug-likeness (QED) is 0.450. The number of hydrogen-bond acceptors (Lipinski definition) is 3. The van der Waals surface area contributed by atoms with Crippen LogP contribution in [0.3, 0.4) is 0 Å². The molecule has 0 saturated heterocycles. The molecule has 0 aromatic heterocycles. The molecule has 0 saturated carbocycles. The molecule has 4 nitrogen and oxygen atoms in total. The molecule has 7 heteroatoms. The van der Waals surface area contributed by atoms with Crippen LogP contribution in [0.1, 0.15) is 0 Å². The van der Waals surface area contributed by atoms with Gasteiger partial charge in [-0.2, -0.15) is 0 Å². The van der Waals surface area contributed by atoms with E-state index in [0.717, 1.165) is 7.11 Å². The zero-order chi connectivity index (χ0) is 12.3. The number of halogens is 3. The van der Waals surface area contributed by atoms with Crippen molar-refractivity contribution in [3.8, 4) is 0 Å². The molecule has 1 aromatic carbocycles. The first-order valence-electron chi connectivity index (χ1n) is 3.99. The van der Waals surface area contributed by atoms with E-state index in [9.17, 15) is 22.8 Å². The lowest BCUT2D eigenvalue weighted by atomic mass is 10.3. The second kappa shape index (κ2) is 4.65. The van der Waals surface area contributed by atoms with E-state index >= 15 is 0 Å². The summed E-state index contributed by atoms with van der Waals surface area (Å²) in [6, 6.07) is 0.674. The summed E-state index contributed by atoms with van der Waals surface area (Å²) in [4.78, 5) is 21.6. The van der Waals surface area contributed by atoms with Gasteiger partial charge in [-0.05, 0) is 0 Å². The van der Waals surface area contributed by atoms with Gasteiger partial charge in [-0.25, -0.2) is 18.0 Å². The van der Waals surface area contributed by atoms with Crippen molar-refractivity contribution in [3.63, 3.8) is 0 Å². The fourth-order valence-electron chi connectivity index (χ4n) is 0.884. The van der Waals surface area contributed by atoms with Crippen LogP contribution >= 0.6 is 0 Å². The molecule has 0 atom stereocenters. The smallest absolute Gasteiger partial charge is 0.396 e. The Hall–Kier alpha value is -2.05. The summed E-state index contributed by atoms with van der Waals surface area (Å²) in [7, 11) is 0.948. The standard InChI is InChI=1S/C9H6F3NO3/c1-16-9(15)8(14)13-7-3-5(11)4(10)2-6(7)12/h2-3H,1H3,(H,13,14). The van der Waals surface area contributed by atoms with Gasteiger partial charge >= 0.3 is 11.9 Å². The van der Waals surface area contributed by atoms with E-state index < -0.39 is 35.0 Å². The van der Waals surface area contributed by atoms with Crippen LogP contribution in [0.2, 0.25) is 0 Å². The molecule has 0 fully saturated rings. The Bertz CT molecular complexity index is 448. The first-order valence-corrected chi connectivity index (χ1v) is 3.99. The summed E-state index contributed by atoms with van der Waals surface area (Å²) in [5.41, 5.74) is -0.644. The molecular weight excluding hydrogens is 227 g/mol. The Morgan fingerprint density at radius 2 is 1.69 bits per heavy atom. The third-order valence-electron chi connectivity index (χ3n) is 1.63. The lowest BCUT2D eigenvalue weighted by Crippen LogP contribution is -2.24. The lowest BCUT2D eigenvalue weighted by molar-refractivity contribution is -0.150. The second-order valence-electron chi connectivity index (χ2n) is 2.69. The largest absolute Gasteiger partial charge is 0.462 e. The summed E-state index contributed by atoms with van der Waals surface area (Å²) in [6.45, 7) is 0. The fourth-order valence-corrected chi connectivity index (χ4v) is 0.884. The van der Waals surface area contributed by atoms with Gasteiger partial charge < -0.3 is 10.1 Å². The maximum absolute atomic E-state index is 13.0. The van der Waals surface area contributed by atoms with Gasteiger partial charge in [-0.15, -0.1) is 0 Å². The average molecular weight is 233 g/mol. The Morgan fingerprint density at radius 3 is 2.25 bits per heavy atom. The van der Waals surface area contributed by atoms with Crippen molar-refractivity contribution in [1.82, 2.24) is 0 Å². The molecule has 0 aliphatic heterocycles. The van der Waals surface area contributed by atoms with E-state index in [4.69, 9.17) is 0 Å². The second-order valence-corrected chi connectivity index (χ2v) is 2.69. The monoisotopic (exact) mass is 233 g/mol. The molecule has 1 aromatic rings. The Kier molecular flexibility index (Phi) is 3.49. The van der Waals surface area contributed by atoms with Gasteiger partial charge in [0.1, 0.15) is 5.82 Å². The SMILES string of the molecule is COC(=O)C(=O)Nc1cc(F)c(F)cc1F. The molecular formula is C9H6F3NO3. The van der Waals surface area contributed by atoms with Crippen molar-refractivity contribution in [2.24, 2.45) is 0 Å². The van der Waals surface area contributed by atoms with Gasteiger partial charge in [-0.3, -0.25) is 4.79 Å². The molecule has 0 radical (unpaired) electrons. The average Bonchev–Trinajstić information content (AvgIpc) is 2.24. The van der Waals surface area contributed by atoms with Crippen LogP contribution in [-0.4, -0.2) is 19.0 Å². The summed E-state index contributed by atoms with van der Waals surface area (Å²) in [6.07, 6.45) is 0. The van der Waals surface area contributed by atoms with E-state index in [0.29, 0.717) is 6.07 Å². The molecule has 1 amide bonds. The van der Waals surface area contributed by atoms with Gasteiger partial charge in [0.05, 0.1) is 12.8 Å². The molecule has 16 heavy (non-hydrogen) atoms. The van der Waals surface area contributed by atoms with Crippen molar-refractivity contribution in [3.05, 3.63) is 29.6 Å². The van der Waals surface area contributed by atoms with Crippen LogP contribution in [0.25, 0.3) is 0 Å². The number of hydrogen-bond donors (Lipinski definition) is 1. The number of carbonyl (C=O) groups excluding carboxylic acids is 2. The predicted octanol–water partition coefficient (Wildman–Crippen LogP) is 1.22.